The number of nitrogens with zero attached hydrogens (tertiary/aromatic N) is 1. The number of rotatable bonds is 8. The smallest absolute Gasteiger partial charge is 0.239 e. The van der Waals surface area contributed by atoms with Crippen molar-refractivity contribution in [2.24, 2.45) is 5.92 Å². The van der Waals surface area contributed by atoms with Crippen LogP contribution in [0.1, 0.15) is 27.2 Å². The van der Waals surface area contributed by atoms with Crippen LogP contribution in [0.25, 0.3) is 0 Å². The molecule has 0 fully saturated rings. The Morgan fingerprint density at radius 1 is 1.37 bits per heavy atom. The Balaban J connectivity index is 2.62. The van der Waals surface area contributed by atoms with Crippen LogP contribution in [0.2, 0.25) is 0 Å². The van der Waals surface area contributed by atoms with Gasteiger partial charge in [-0.3, -0.25) is 0 Å². The van der Waals surface area contributed by atoms with Gasteiger partial charge in [0.15, 0.2) is 0 Å². The first-order chi connectivity index (χ1) is 9.02. The molecule has 1 aromatic heterocycles. The molecule has 0 aliphatic heterocycles. The highest BCUT2D eigenvalue weighted by Crippen LogP contribution is 2.22. The van der Waals surface area contributed by atoms with E-state index in [0.29, 0.717) is 30.1 Å². The lowest BCUT2D eigenvalue weighted by atomic mass is 10.2. The van der Waals surface area contributed by atoms with E-state index in [2.05, 4.69) is 37.3 Å². The van der Waals surface area contributed by atoms with E-state index in [-0.39, 0.29) is 0 Å². The zero-order chi connectivity index (χ0) is 14.3. The third kappa shape index (κ3) is 6.05. The highest BCUT2D eigenvalue weighted by molar-refractivity contribution is 7.98. The molecule has 0 radical (unpaired) electrons. The molecule has 0 bridgehead atoms. The minimum atomic E-state index is 0.390. The standard InChI is InChI=1S/C14H25N3OS/c1-10(2)9-18-14-12(15)5-6-13(17-14)16-11(3)7-8-19-4/h5-6,10-11H,7-9,15H2,1-4H3,(H,16,17). The maximum Gasteiger partial charge on any atom is 0.239 e. The summed E-state index contributed by atoms with van der Waals surface area (Å²) in [7, 11) is 0. The Kier molecular flexibility index (Phi) is 6.84. The number of nitrogen functional groups attached to an aromatic ring is 1. The molecule has 1 aromatic rings. The Hall–Kier alpha value is -1.10. The number of hydrogen-bond donors (Lipinski definition) is 2. The summed E-state index contributed by atoms with van der Waals surface area (Å²) in [5, 5.41) is 3.37. The molecule has 19 heavy (non-hydrogen) atoms. The van der Waals surface area contributed by atoms with Crippen molar-refractivity contribution in [2.75, 3.05) is 29.7 Å². The van der Waals surface area contributed by atoms with Gasteiger partial charge in [-0.1, -0.05) is 13.8 Å². The normalized spacial score (nSPS) is 12.5. The largest absolute Gasteiger partial charge is 0.476 e. The zero-order valence-electron chi connectivity index (χ0n) is 12.3. The van der Waals surface area contributed by atoms with E-state index >= 15 is 0 Å². The number of anilines is 2. The fourth-order valence-corrected chi connectivity index (χ4v) is 2.10. The Bertz CT molecular complexity index is 385. The van der Waals surface area contributed by atoms with Crippen LogP contribution in [0.15, 0.2) is 12.1 Å². The van der Waals surface area contributed by atoms with Crippen molar-refractivity contribution in [3.8, 4) is 5.88 Å². The van der Waals surface area contributed by atoms with Crippen LogP contribution in [0, 0.1) is 5.92 Å². The first-order valence-corrected chi connectivity index (χ1v) is 8.07. The Morgan fingerprint density at radius 2 is 2.11 bits per heavy atom. The van der Waals surface area contributed by atoms with Crippen LogP contribution in [0.5, 0.6) is 5.88 Å². The van der Waals surface area contributed by atoms with Crippen molar-refractivity contribution in [2.45, 2.75) is 33.2 Å². The first kappa shape index (κ1) is 16.0. The van der Waals surface area contributed by atoms with Crippen molar-refractivity contribution < 1.29 is 4.74 Å². The second-order valence-corrected chi connectivity index (χ2v) is 6.11. The van der Waals surface area contributed by atoms with Crippen molar-refractivity contribution >= 4 is 23.3 Å². The number of thioether (sulfide) groups is 1. The van der Waals surface area contributed by atoms with E-state index < -0.39 is 0 Å². The number of aromatic nitrogens is 1. The van der Waals surface area contributed by atoms with Gasteiger partial charge in [0, 0.05) is 6.04 Å². The maximum atomic E-state index is 5.87. The lowest BCUT2D eigenvalue weighted by molar-refractivity contribution is 0.263. The van der Waals surface area contributed by atoms with E-state index in [1.807, 2.05) is 23.9 Å². The fourth-order valence-electron chi connectivity index (χ4n) is 1.51. The molecule has 0 saturated carbocycles. The molecule has 0 aliphatic rings. The van der Waals surface area contributed by atoms with E-state index in [4.69, 9.17) is 10.5 Å². The summed E-state index contributed by atoms with van der Waals surface area (Å²) in [5.74, 6) is 2.94. The molecule has 0 amide bonds. The molecule has 0 saturated heterocycles. The van der Waals surface area contributed by atoms with Crippen molar-refractivity contribution in [1.82, 2.24) is 4.98 Å². The van der Waals surface area contributed by atoms with E-state index in [1.54, 1.807) is 0 Å². The molecule has 108 valence electrons. The van der Waals surface area contributed by atoms with Crippen LogP contribution in [0.4, 0.5) is 11.5 Å². The summed E-state index contributed by atoms with van der Waals surface area (Å²) in [4.78, 5) is 4.43. The number of nitrogens with one attached hydrogen (secondary N) is 1. The van der Waals surface area contributed by atoms with Gasteiger partial charge in [0.25, 0.3) is 0 Å². The van der Waals surface area contributed by atoms with E-state index in [0.717, 1.165) is 18.0 Å². The number of nitrogens with two attached hydrogens (primary N) is 1. The van der Waals surface area contributed by atoms with Gasteiger partial charge in [-0.05, 0) is 43.4 Å². The quantitative estimate of drug-likeness (QED) is 0.767. The predicted molar refractivity (Wildman–Crippen MR) is 85.1 cm³/mol. The molecular formula is C14H25N3OS. The molecule has 1 atom stereocenters. The Labute approximate surface area is 120 Å². The maximum absolute atomic E-state index is 5.87. The number of hydrogen-bond acceptors (Lipinski definition) is 5. The van der Waals surface area contributed by atoms with E-state index in [9.17, 15) is 0 Å². The molecule has 1 rings (SSSR count). The third-order valence-corrected chi connectivity index (χ3v) is 3.24. The fraction of sp³-hybridized carbons (Fsp3) is 0.643. The molecule has 5 heteroatoms. The molecule has 0 spiro atoms. The van der Waals surface area contributed by atoms with Crippen LogP contribution >= 0.6 is 11.8 Å². The van der Waals surface area contributed by atoms with Gasteiger partial charge in [0.05, 0.1) is 12.3 Å². The van der Waals surface area contributed by atoms with Gasteiger partial charge in [-0.25, -0.2) is 0 Å². The second kappa shape index (κ2) is 8.15. The average Bonchev–Trinajstić information content (AvgIpc) is 2.37. The Morgan fingerprint density at radius 3 is 2.74 bits per heavy atom. The van der Waals surface area contributed by atoms with Gasteiger partial charge in [0.1, 0.15) is 5.82 Å². The summed E-state index contributed by atoms with van der Waals surface area (Å²) in [6, 6.07) is 4.13. The van der Waals surface area contributed by atoms with Crippen molar-refractivity contribution in [3.05, 3.63) is 12.1 Å². The summed E-state index contributed by atoms with van der Waals surface area (Å²) in [6.45, 7) is 6.98. The average molecular weight is 283 g/mol. The molecule has 1 unspecified atom stereocenters. The molecule has 3 N–H and O–H groups in total. The monoisotopic (exact) mass is 283 g/mol. The predicted octanol–water partition coefficient (Wildman–Crippen LogP) is 3.25. The van der Waals surface area contributed by atoms with E-state index in [1.165, 1.54) is 0 Å². The summed E-state index contributed by atoms with van der Waals surface area (Å²) >= 11 is 1.85. The first-order valence-electron chi connectivity index (χ1n) is 6.67. The van der Waals surface area contributed by atoms with Crippen LogP contribution < -0.4 is 15.8 Å². The van der Waals surface area contributed by atoms with Gasteiger partial charge < -0.3 is 15.8 Å². The topological polar surface area (TPSA) is 60.2 Å². The summed E-state index contributed by atoms with van der Waals surface area (Å²) in [6.07, 6.45) is 3.22. The lowest BCUT2D eigenvalue weighted by Crippen LogP contribution is -2.17. The molecular weight excluding hydrogens is 258 g/mol. The second-order valence-electron chi connectivity index (χ2n) is 5.12. The van der Waals surface area contributed by atoms with Crippen LogP contribution in [0.3, 0.4) is 0 Å². The summed E-state index contributed by atoms with van der Waals surface area (Å²) in [5.41, 5.74) is 6.45. The molecule has 4 nitrogen and oxygen atoms in total. The van der Waals surface area contributed by atoms with Crippen LogP contribution in [-0.2, 0) is 0 Å². The van der Waals surface area contributed by atoms with Crippen molar-refractivity contribution in [1.29, 1.82) is 0 Å². The molecule has 1 heterocycles. The highest BCUT2D eigenvalue weighted by atomic mass is 32.2. The minimum absolute atomic E-state index is 0.390. The zero-order valence-corrected chi connectivity index (χ0v) is 13.1. The number of ether oxygens (including phenoxy) is 1. The van der Waals surface area contributed by atoms with Gasteiger partial charge >= 0.3 is 0 Å². The van der Waals surface area contributed by atoms with Crippen LogP contribution in [-0.4, -0.2) is 29.6 Å². The molecule has 0 aromatic carbocycles. The highest BCUT2D eigenvalue weighted by Gasteiger charge is 2.08. The van der Waals surface area contributed by atoms with Crippen molar-refractivity contribution in [3.63, 3.8) is 0 Å². The lowest BCUT2D eigenvalue weighted by Gasteiger charge is -2.16. The van der Waals surface area contributed by atoms with Gasteiger partial charge in [-0.15, -0.1) is 0 Å². The molecule has 0 aliphatic carbocycles. The SMILES string of the molecule is CSCCC(C)Nc1ccc(N)c(OCC(C)C)n1. The van der Waals surface area contributed by atoms with Gasteiger partial charge in [0.2, 0.25) is 5.88 Å². The minimum Gasteiger partial charge on any atom is -0.476 e. The third-order valence-electron chi connectivity index (χ3n) is 2.59. The van der Waals surface area contributed by atoms with Gasteiger partial charge in [-0.2, -0.15) is 16.7 Å². The summed E-state index contributed by atoms with van der Waals surface area (Å²) < 4.78 is 5.62. The number of pyridine rings is 1.